The molecule has 1 aromatic carbocycles. The number of aromatic nitrogens is 4. The zero-order valence-electron chi connectivity index (χ0n) is 9.93. The molecule has 3 N–H and O–H groups in total. The van der Waals surface area contributed by atoms with Crippen LogP contribution in [0.5, 0.6) is 5.75 Å². The zero-order valence-corrected chi connectivity index (χ0v) is 9.93. The number of phenols is 1. The molecule has 2 heterocycles. The van der Waals surface area contributed by atoms with E-state index in [1.807, 2.05) is 18.2 Å². The summed E-state index contributed by atoms with van der Waals surface area (Å²) < 4.78 is 1.50. The molecule has 0 saturated heterocycles. The number of hydrogen-bond acceptors (Lipinski definition) is 5. The predicted molar refractivity (Wildman–Crippen MR) is 70.7 cm³/mol. The van der Waals surface area contributed by atoms with E-state index in [4.69, 9.17) is 5.73 Å². The van der Waals surface area contributed by atoms with Crippen molar-refractivity contribution in [1.29, 1.82) is 0 Å². The summed E-state index contributed by atoms with van der Waals surface area (Å²) in [5, 5.41) is 17.3. The molecule has 0 unspecified atom stereocenters. The number of pyridine rings is 1. The van der Waals surface area contributed by atoms with Crippen LogP contribution >= 0.6 is 0 Å². The van der Waals surface area contributed by atoms with Gasteiger partial charge < -0.3 is 10.8 Å². The monoisotopic (exact) mass is 253 g/mol. The minimum atomic E-state index is 0.187. The summed E-state index contributed by atoms with van der Waals surface area (Å²) in [4.78, 5) is 4.20. The number of aromatic hydroxyl groups is 1. The van der Waals surface area contributed by atoms with Crippen molar-refractivity contribution in [3.8, 4) is 22.8 Å². The number of nitrogens with zero attached hydrogens (tertiary/aromatic N) is 4. The number of rotatable bonds is 2. The Morgan fingerprint density at radius 2 is 1.84 bits per heavy atom. The van der Waals surface area contributed by atoms with Crippen molar-refractivity contribution in [2.45, 2.75) is 0 Å². The van der Waals surface area contributed by atoms with Gasteiger partial charge in [0.1, 0.15) is 5.75 Å². The first kappa shape index (κ1) is 11.2. The van der Waals surface area contributed by atoms with Crippen molar-refractivity contribution >= 4 is 5.82 Å². The van der Waals surface area contributed by atoms with Gasteiger partial charge >= 0.3 is 0 Å². The average Bonchev–Trinajstić information content (AvgIpc) is 2.83. The third-order valence-electron chi connectivity index (χ3n) is 2.71. The van der Waals surface area contributed by atoms with Crippen LogP contribution in [0, 0.1) is 0 Å². The molecule has 0 amide bonds. The number of benzene rings is 1. The van der Waals surface area contributed by atoms with Gasteiger partial charge in [0.25, 0.3) is 0 Å². The standard InChI is InChI=1S/C13H11N5O/c14-13-12(11-3-1-2-8-15-11)16-17-18(13)9-4-6-10(19)7-5-9/h1-8,19H,14H2. The zero-order chi connectivity index (χ0) is 13.2. The second kappa shape index (κ2) is 4.41. The molecule has 94 valence electrons. The smallest absolute Gasteiger partial charge is 0.157 e. The van der Waals surface area contributed by atoms with Gasteiger partial charge in [0.15, 0.2) is 11.5 Å². The second-order valence-electron chi connectivity index (χ2n) is 3.97. The van der Waals surface area contributed by atoms with E-state index in [2.05, 4.69) is 15.3 Å². The third kappa shape index (κ3) is 1.99. The molecule has 0 bridgehead atoms. The van der Waals surface area contributed by atoms with Crippen molar-refractivity contribution in [2.75, 3.05) is 5.73 Å². The highest BCUT2D eigenvalue weighted by Gasteiger charge is 2.13. The number of phenolic OH excluding ortho intramolecular Hbond substituents is 1. The van der Waals surface area contributed by atoms with Gasteiger partial charge in [-0.2, -0.15) is 4.68 Å². The first-order valence-corrected chi connectivity index (χ1v) is 5.67. The molecule has 0 spiro atoms. The van der Waals surface area contributed by atoms with Crippen molar-refractivity contribution in [2.24, 2.45) is 0 Å². The third-order valence-corrected chi connectivity index (χ3v) is 2.71. The van der Waals surface area contributed by atoms with Gasteiger partial charge in [0.2, 0.25) is 0 Å². The largest absolute Gasteiger partial charge is 0.508 e. The Labute approximate surface area is 109 Å². The van der Waals surface area contributed by atoms with Crippen LogP contribution in [0.2, 0.25) is 0 Å². The topological polar surface area (TPSA) is 89.9 Å². The van der Waals surface area contributed by atoms with Crippen LogP contribution in [0.1, 0.15) is 0 Å². The summed E-state index contributed by atoms with van der Waals surface area (Å²) in [6.07, 6.45) is 1.67. The summed E-state index contributed by atoms with van der Waals surface area (Å²) in [7, 11) is 0. The van der Waals surface area contributed by atoms with Gasteiger partial charge in [0, 0.05) is 6.20 Å². The normalized spacial score (nSPS) is 10.5. The maximum atomic E-state index is 9.27. The van der Waals surface area contributed by atoms with Crippen LogP contribution < -0.4 is 5.73 Å². The lowest BCUT2D eigenvalue weighted by Gasteiger charge is -2.03. The van der Waals surface area contributed by atoms with Gasteiger partial charge in [-0.3, -0.25) is 4.98 Å². The molecule has 19 heavy (non-hydrogen) atoms. The minimum absolute atomic E-state index is 0.187. The summed E-state index contributed by atoms with van der Waals surface area (Å²) in [6, 6.07) is 12.1. The molecule has 2 aromatic heterocycles. The molecule has 0 saturated carbocycles. The van der Waals surface area contributed by atoms with Gasteiger partial charge in [-0.25, -0.2) is 0 Å². The van der Waals surface area contributed by atoms with E-state index in [0.29, 0.717) is 17.2 Å². The van der Waals surface area contributed by atoms with Crippen LogP contribution in [-0.4, -0.2) is 25.1 Å². The molecule has 0 aliphatic heterocycles. The van der Waals surface area contributed by atoms with Crippen LogP contribution in [-0.2, 0) is 0 Å². The molecule has 0 fully saturated rings. The van der Waals surface area contributed by atoms with Crippen molar-refractivity contribution in [3.05, 3.63) is 48.7 Å². The Bertz CT molecular complexity index is 691. The Balaban J connectivity index is 2.06. The van der Waals surface area contributed by atoms with Crippen molar-refractivity contribution < 1.29 is 5.11 Å². The molecular formula is C13H11N5O. The maximum Gasteiger partial charge on any atom is 0.157 e. The fourth-order valence-electron chi connectivity index (χ4n) is 1.76. The molecule has 6 nitrogen and oxygen atoms in total. The van der Waals surface area contributed by atoms with Gasteiger partial charge in [-0.15, -0.1) is 5.10 Å². The molecule has 3 rings (SSSR count). The Morgan fingerprint density at radius 1 is 1.05 bits per heavy atom. The number of nitrogens with two attached hydrogens (primary N) is 1. The molecule has 0 aliphatic carbocycles. The van der Waals surface area contributed by atoms with Gasteiger partial charge in [0.05, 0.1) is 11.4 Å². The number of hydrogen-bond donors (Lipinski definition) is 2. The van der Waals surface area contributed by atoms with Crippen LogP contribution in [0.3, 0.4) is 0 Å². The highest BCUT2D eigenvalue weighted by Crippen LogP contribution is 2.23. The quantitative estimate of drug-likeness (QED) is 0.724. The second-order valence-corrected chi connectivity index (χ2v) is 3.97. The van der Waals surface area contributed by atoms with E-state index >= 15 is 0 Å². The summed E-state index contributed by atoms with van der Waals surface area (Å²) in [5.41, 5.74) is 7.97. The molecule has 3 aromatic rings. The molecular weight excluding hydrogens is 242 g/mol. The fourth-order valence-corrected chi connectivity index (χ4v) is 1.76. The van der Waals surface area contributed by atoms with Crippen LogP contribution in [0.4, 0.5) is 5.82 Å². The molecule has 6 heteroatoms. The molecule has 0 atom stereocenters. The summed E-state index contributed by atoms with van der Waals surface area (Å²) in [6.45, 7) is 0. The van der Waals surface area contributed by atoms with Gasteiger partial charge in [-0.1, -0.05) is 11.3 Å². The first-order chi connectivity index (χ1) is 9.25. The lowest BCUT2D eigenvalue weighted by Crippen LogP contribution is -2.02. The maximum absolute atomic E-state index is 9.27. The van der Waals surface area contributed by atoms with E-state index in [0.717, 1.165) is 5.69 Å². The average molecular weight is 253 g/mol. The lowest BCUT2D eigenvalue weighted by molar-refractivity contribution is 0.475. The highest BCUT2D eigenvalue weighted by molar-refractivity contribution is 5.67. The van der Waals surface area contributed by atoms with Crippen molar-refractivity contribution in [1.82, 2.24) is 20.0 Å². The lowest BCUT2D eigenvalue weighted by atomic mass is 10.2. The van der Waals surface area contributed by atoms with Crippen molar-refractivity contribution in [3.63, 3.8) is 0 Å². The molecule has 0 radical (unpaired) electrons. The summed E-state index contributed by atoms with van der Waals surface area (Å²) >= 11 is 0. The van der Waals surface area contributed by atoms with E-state index in [1.165, 1.54) is 4.68 Å². The fraction of sp³-hybridized carbons (Fsp3) is 0. The molecule has 0 aliphatic rings. The minimum Gasteiger partial charge on any atom is -0.508 e. The number of nitrogen functional groups attached to an aromatic ring is 1. The Hall–Kier alpha value is -2.89. The van der Waals surface area contributed by atoms with Crippen LogP contribution in [0.15, 0.2) is 48.7 Å². The highest BCUT2D eigenvalue weighted by atomic mass is 16.3. The Kier molecular flexibility index (Phi) is 2.60. The van der Waals surface area contributed by atoms with Gasteiger partial charge in [-0.05, 0) is 36.4 Å². The van der Waals surface area contributed by atoms with Crippen LogP contribution in [0.25, 0.3) is 17.1 Å². The first-order valence-electron chi connectivity index (χ1n) is 5.67. The Morgan fingerprint density at radius 3 is 2.53 bits per heavy atom. The SMILES string of the molecule is Nc1c(-c2ccccn2)nnn1-c1ccc(O)cc1. The van der Waals surface area contributed by atoms with E-state index in [1.54, 1.807) is 30.5 Å². The van der Waals surface area contributed by atoms with E-state index < -0.39 is 0 Å². The predicted octanol–water partition coefficient (Wildman–Crippen LogP) is 1.62. The summed E-state index contributed by atoms with van der Waals surface area (Å²) in [5.74, 6) is 0.594. The number of anilines is 1. The van der Waals surface area contributed by atoms with E-state index in [-0.39, 0.29) is 5.75 Å². The van der Waals surface area contributed by atoms with E-state index in [9.17, 15) is 5.11 Å².